The van der Waals surface area contributed by atoms with Gasteiger partial charge in [-0.1, -0.05) is 24.9 Å². The van der Waals surface area contributed by atoms with Crippen molar-refractivity contribution in [2.45, 2.75) is 38.4 Å². The average molecular weight is 267 g/mol. The number of aliphatic hydroxyl groups is 2. The van der Waals surface area contributed by atoms with E-state index in [0.717, 1.165) is 25.1 Å². The lowest BCUT2D eigenvalue weighted by atomic mass is 10.2. The molecule has 1 heterocycles. The lowest BCUT2D eigenvalue weighted by molar-refractivity contribution is 0.0302. The van der Waals surface area contributed by atoms with E-state index in [1.165, 1.54) is 0 Å². The smallest absolute Gasteiger partial charge is 0.153 e. The molecule has 4 nitrogen and oxygen atoms in total. The normalized spacial score (nSPS) is 15.1. The van der Waals surface area contributed by atoms with Crippen molar-refractivity contribution in [3.05, 3.63) is 16.7 Å². The largest absolute Gasteiger partial charge is 0.389 e. The number of nitrogens with zero attached hydrogens (tertiary/aromatic N) is 1. The Kier molecular flexibility index (Phi) is 5.55. The van der Waals surface area contributed by atoms with Gasteiger partial charge in [0.05, 0.1) is 17.7 Å². The fraction of sp³-hybridized carbons (Fsp3) is 0.700. The van der Waals surface area contributed by atoms with Gasteiger partial charge in [0.1, 0.15) is 11.9 Å². The fourth-order valence-corrected chi connectivity index (χ4v) is 1.78. The highest BCUT2D eigenvalue weighted by Crippen LogP contribution is 2.24. The Morgan fingerprint density at radius 2 is 2.12 bits per heavy atom. The van der Waals surface area contributed by atoms with Crippen LogP contribution in [0.5, 0.6) is 0 Å². The Bertz CT molecular complexity index is 331. The number of aryl methyl sites for hydroxylation is 1. The summed E-state index contributed by atoms with van der Waals surface area (Å²) in [6, 6.07) is 0. The molecule has 0 saturated heterocycles. The van der Waals surface area contributed by atoms with E-state index in [9.17, 15) is 10.2 Å². The molecule has 0 bridgehead atoms. The lowest BCUT2D eigenvalue weighted by Crippen LogP contribution is -2.20. The van der Waals surface area contributed by atoms with Gasteiger partial charge in [0.2, 0.25) is 0 Å². The van der Waals surface area contributed by atoms with E-state index in [2.05, 4.69) is 16.9 Å². The van der Waals surface area contributed by atoms with Crippen LogP contribution in [0, 0.1) is 0 Å². The zero-order valence-corrected chi connectivity index (χ0v) is 10.6. The molecule has 1 aromatic heterocycles. The molecule has 0 aromatic carbocycles. The van der Waals surface area contributed by atoms with E-state index in [4.69, 9.17) is 23.2 Å². The maximum absolute atomic E-state index is 9.72. The molecular weight excluding hydrogens is 251 g/mol. The molecule has 0 radical (unpaired) electrons. The maximum Gasteiger partial charge on any atom is 0.153 e. The van der Waals surface area contributed by atoms with Crippen LogP contribution in [0.15, 0.2) is 0 Å². The van der Waals surface area contributed by atoms with Crippen LogP contribution in [0.25, 0.3) is 0 Å². The van der Waals surface area contributed by atoms with Crippen molar-refractivity contribution < 1.29 is 10.2 Å². The van der Waals surface area contributed by atoms with E-state index in [0.29, 0.717) is 5.69 Å². The molecular formula is C10H16Cl2N2O2. The topological polar surface area (TPSA) is 69.1 Å². The van der Waals surface area contributed by atoms with Crippen LogP contribution in [0.2, 0.25) is 5.15 Å². The summed E-state index contributed by atoms with van der Waals surface area (Å²) in [6.45, 7) is 2.08. The molecule has 1 rings (SSSR count). The molecule has 92 valence electrons. The maximum atomic E-state index is 9.72. The van der Waals surface area contributed by atoms with Gasteiger partial charge in [-0.2, -0.15) is 0 Å². The summed E-state index contributed by atoms with van der Waals surface area (Å²) in [6.07, 6.45) is 0.671. The summed E-state index contributed by atoms with van der Waals surface area (Å²) in [5.74, 6) is 0.670. The van der Waals surface area contributed by atoms with Crippen molar-refractivity contribution in [3.8, 4) is 0 Å². The third-order valence-electron chi connectivity index (χ3n) is 2.32. The molecule has 2 atom stereocenters. The minimum absolute atomic E-state index is 0.0548. The number of unbranched alkanes of at least 4 members (excludes halogenated alkanes) is 1. The van der Waals surface area contributed by atoms with Crippen LogP contribution in [-0.4, -0.2) is 32.2 Å². The highest BCUT2D eigenvalue weighted by atomic mass is 35.5. The van der Waals surface area contributed by atoms with Crippen molar-refractivity contribution in [2.75, 3.05) is 5.88 Å². The summed E-state index contributed by atoms with van der Waals surface area (Å²) in [7, 11) is 0. The number of aromatic nitrogens is 2. The number of rotatable bonds is 6. The molecule has 0 amide bonds. The SMILES string of the molecule is CCCCc1nc(Cl)c(C(O)C(O)CCl)[nH]1. The van der Waals surface area contributed by atoms with Crippen molar-refractivity contribution >= 4 is 23.2 Å². The summed E-state index contributed by atoms with van der Waals surface area (Å²) in [4.78, 5) is 7.00. The zero-order chi connectivity index (χ0) is 12.1. The van der Waals surface area contributed by atoms with E-state index in [-0.39, 0.29) is 11.0 Å². The molecule has 0 aliphatic rings. The molecule has 16 heavy (non-hydrogen) atoms. The number of hydrogen-bond acceptors (Lipinski definition) is 3. The third-order valence-corrected chi connectivity index (χ3v) is 2.92. The second-order valence-corrected chi connectivity index (χ2v) is 4.32. The summed E-state index contributed by atoms with van der Waals surface area (Å²) >= 11 is 11.3. The fourth-order valence-electron chi connectivity index (χ4n) is 1.35. The third kappa shape index (κ3) is 3.35. The molecule has 6 heteroatoms. The average Bonchev–Trinajstić information content (AvgIpc) is 2.65. The van der Waals surface area contributed by atoms with Crippen molar-refractivity contribution in [1.82, 2.24) is 9.97 Å². The van der Waals surface area contributed by atoms with Crippen LogP contribution in [-0.2, 0) is 6.42 Å². The molecule has 0 aliphatic carbocycles. The number of aromatic amines is 1. The van der Waals surface area contributed by atoms with Crippen LogP contribution in [0.1, 0.15) is 37.4 Å². The van der Waals surface area contributed by atoms with E-state index >= 15 is 0 Å². The van der Waals surface area contributed by atoms with Crippen LogP contribution in [0.3, 0.4) is 0 Å². The second kappa shape index (κ2) is 6.45. The molecule has 0 aliphatic heterocycles. The summed E-state index contributed by atoms with van der Waals surface area (Å²) < 4.78 is 0. The number of alkyl halides is 1. The Hall–Kier alpha value is -0.290. The highest BCUT2D eigenvalue weighted by Gasteiger charge is 2.23. The van der Waals surface area contributed by atoms with E-state index < -0.39 is 12.2 Å². The van der Waals surface area contributed by atoms with Gasteiger partial charge in [-0.3, -0.25) is 0 Å². The molecule has 0 spiro atoms. The predicted molar refractivity (Wildman–Crippen MR) is 63.9 cm³/mol. The van der Waals surface area contributed by atoms with Crippen molar-refractivity contribution in [2.24, 2.45) is 0 Å². The van der Waals surface area contributed by atoms with E-state index in [1.54, 1.807) is 0 Å². The first-order valence-corrected chi connectivity index (χ1v) is 6.17. The first kappa shape index (κ1) is 13.8. The standard InChI is InChI=1S/C10H16Cl2N2O2/c1-2-3-4-7-13-8(10(12)14-7)9(16)6(15)5-11/h6,9,15-16H,2-5H2,1H3,(H,13,14). The lowest BCUT2D eigenvalue weighted by Gasteiger charge is -2.13. The quantitative estimate of drug-likeness (QED) is 0.691. The van der Waals surface area contributed by atoms with E-state index in [1.807, 2.05) is 0 Å². The molecule has 0 fully saturated rings. The number of halogens is 2. The Balaban J connectivity index is 2.76. The van der Waals surface area contributed by atoms with Crippen LogP contribution in [0.4, 0.5) is 0 Å². The molecule has 2 unspecified atom stereocenters. The molecule has 1 aromatic rings. The number of imidazole rings is 1. The number of aliphatic hydroxyl groups excluding tert-OH is 2. The van der Waals surface area contributed by atoms with Gasteiger partial charge in [-0.25, -0.2) is 4.98 Å². The number of H-pyrrole nitrogens is 1. The van der Waals surface area contributed by atoms with Crippen LogP contribution < -0.4 is 0 Å². The number of nitrogens with one attached hydrogen (secondary N) is 1. The van der Waals surface area contributed by atoms with Crippen LogP contribution >= 0.6 is 23.2 Å². The summed E-state index contributed by atoms with van der Waals surface area (Å²) in [5.41, 5.74) is 0.334. The zero-order valence-electron chi connectivity index (χ0n) is 9.08. The highest BCUT2D eigenvalue weighted by molar-refractivity contribution is 6.30. The van der Waals surface area contributed by atoms with Crippen molar-refractivity contribution in [1.29, 1.82) is 0 Å². The van der Waals surface area contributed by atoms with Gasteiger partial charge in [0.25, 0.3) is 0 Å². The molecule has 3 N–H and O–H groups in total. The molecule has 0 saturated carbocycles. The van der Waals surface area contributed by atoms with Gasteiger partial charge in [-0.15, -0.1) is 11.6 Å². The number of hydrogen-bond donors (Lipinski definition) is 3. The van der Waals surface area contributed by atoms with Gasteiger partial charge < -0.3 is 15.2 Å². The van der Waals surface area contributed by atoms with Gasteiger partial charge in [0, 0.05) is 6.42 Å². The minimum atomic E-state index is -1.12. The van der Waals surface area contributed by atoms with Gasteiger partial charge in [0.15, 0.2) is 5.15 Å². The second-order valence-electron chi connectivity index (χ2n) is 3.66. The Labute approximate surface area is 105 Å². The Morgan fingerprint density at radius 1 is 1.44 bits per heavy atom. The predicted octanol–water partition coefficient (Wildman–Crippen LogP) is 2.04. The first-order chi connectivity index (χ1) is 7.60. The monoisotopic (exact) mass is 266 g/mol. The summed E-state index contributed by atoms with van der Waals surface area (Å²) in [5, 5.41) is 19.3. The van der Waals surface area contributed by atoms with Gasteiger partial charge in [-0.05, 0) is 6.42 Å². The minimum Gasteiger partial charge on any atom is -0.389 e. The van der Waals surface area contributed by atoms with Gasteiger partial charge >= 0.3 is 0 Å². The Morgan fingerprint density at radius 3 is 2.69 bits per heavy atom. The van der Waals surface area contributed by atoms with Crippen molar-refractivity contribution in [3.63, 3.8) is 0 Å². The first-order valence-electron chi connectivity index (χ1n) is 5.26.